The molecule has 0 aliphatic carbocycles. The fraction of sp³-hybridized carbons (Fsp3) is 0.250. The number of aromatic amines is 2. The first-order valence-corrected chi connectivity index (χ1v) is 7.44. The molecule has 22 heavy (non-hydrogen) atoms. The third kappa shape index (κ3) is 4.66. The summed E-state index contributed by atoms with van der Waals surface area (Å²) < 4.78 is 0. The number of fused-ring (bicyclic) bond motifs is 2. The Morgan fingerprint density at radius 3 is 0.955 bits per heavy atom. The van der Waals surface area contributed by atoms with Crippen molar-refractivity contribution in [2.45, 2.75) is 27.7 Å². The van der Waals surface area contributed by atoms with E-state index in [1.165, 1.54) is 0 Å². The number of benzene rings is 2. The molecular weight excluding hydrogens is 276 g/mol. The molecule has 6 heteroatoms. The number of H-pyrrole nitrogens is 2. The van der Waals surface area contributed by atoms with Crippen LogP contribution in [0.4, 0.5) is 0 Å². The number of aromatic nitrogens is 6. The Morgan fingerprint density at radius 2 is 0.727 bits per heavy atom. The van der Waals surface area contributed by atoms with Crippen molar-refractivity contribution >= 4 is 22.1 Å². The van der Waals surface area contributed by atoms with Crippen molar-refractivity contribution in [1.29, 1.82) is 0 Å². The number of nitrogens with zero attached hydrogens (tertiary/aromatic N) is 4. The second-order valence-electron chi connectivity index (χ2n) is 3.62. The van der Waals surface area contributed by atoms with Crippen LogP contribution in [0.3, 0.4) is 0 Å². The lowest BCUT2D eigenvalue weighted by molar-refractivity contribution is 0.959. The highest BCUT2D eigenvalue weighted by Crippen LogP contribution is 2.04. The SMILES string of the molecule is CC.CC.c1ccc2n[nH]nc2c1.c1ccc2n[nH]nc2c1. The molecule has 2 aromatic heterocycles. The summed E-state index contributed by atoms with van der Waals surface area (Å²) in [6.07, 6.45) is 0. The molecule has 0 atom stereocenters. The minimum atomic E-state index is 0.914. The minimum absolute atomic E-state index is 0.914. The van der Waals surface area contributed by atoms with E-state index in [0.717, 1.165) is 22.1 Å². The van der Waals surface area contributed by atoms with E-state index in [9.17, 15) is 0 Å². The van der Waals surface area contributed by atoms with E-state index < -0.39 is 0 Å². The van der Waals surface area contributed by atoms with Crippen molar-refractivity contribution in [2.75, 3.05) is 0 Å². The van der Waals surface area contributed by atoms with Gasteiger partial charge in [-0.2, -0.15) is 30.8 Å². The molecule has 116 valence electrons. The van der Waals surface area contributed by atoms with Gasteiger partial charge in [0.25, 0.3) is 0 Å². The lowest BCUT2D eigenvalue weighted by atomic mass is 10.3. The predicted molar refractivity (Wildman–Crippen MR) is 90.5 cm³/mol. The van der Waals surface area contributed by atoms with Crippen molar-refractivity contribution < 1.29 is 0 Å². The molecule has 0 aliphatic heterocycles. The average Bonchev–Trinajstić information content (AvgIpc) is 3.28. The first-order valence-electron chi connectivity index (χ1n) is 7.44. The maximum atomic E-state index is 3.88. The fourth-order valence-corrected chi connectivity index (χ4v) is 1.57. The molecular formula is C16H22N6. The van der Waals surface area contributed by atoms with Crippen LogP contribution in [-0.2, 0) is 0 Å². The van der Waals surface area contributed by atoms with E-state index in [1.807, 2.05) is 76.2 Å². The zero-order chi connectivity index (χ0) is 16.2. The molecule has 2 aromatic carbocycles. The van der Waals surface area contributed by atoms with E-state index in [4.69, 9.17) is 0 Å². The zero-order valence-electron chi connectivity index (χ0n) is 13.4. The lowest BCUT2D eigenvalue weighted by Gasteiger charge is -1.78. The molecule has 0 spiro atoms. The van der Waals surface area contributed by atoms with Crippen LogP contribution in [0.2, 0.25) is 0 Å². The van der Waals surface area contributed by atoms with Gasteiger partial charge in [0.15, 0.2) is 0 Å². The third-order valence-electron chi connectivity index (χ3n) is 2.45. The molecule has 2 heterocycles. The van der Waals surface area contributed by atoms with Crippen LogP contribution in [0.5, 0.6) is 0 Å². The van der Waals surface area contributed by atoms with Crippen LogP contribution < -0.4 is 0 Å². The molecule has 4 rings (SSSR count). The van der Waals surface area contributed by atoms with Gasteiger partial charge in [-0.05, 0) is 24.3 Å². The minimum Gasteiger partial charge on any atom is -0.197 e. The molecule has 0 unspecified atom stereocenters. The van der Waals surface area contributed by atoms with Gasteiger partial charge in [0, 0.05) is 0 Å². The molecule has 2 N–H and O–H groups in total. The third-order valence-corrected chi connectivity index (χ3v) is 2.45. The Morgan fingerprint density at radius 1 is 0.500 bits per heavy atom. The Balaban J connectivity index is 0.000000180. The number of nitrogens with one attached hydrogen (secondary N) is 2. The van der Waals surface area contributed by atoms with Gasteiger partial charge in [-0.25, -0.2) is 0 Å². The Hall–Kier alpha value is -2.76. The van der Waals surface area contributed by atoms with Crippen molar-refractivity contribution in [3.8, 4) is 0 Å². The molecule has 0 saturated carbocycles. The fourth-order valence-electron chi connectivity index (χ4n) is 1.57. The van der Waals surface area contributed by atoms with Gasteiger partial charge in [0.05, 0.1) is 0 Å². The van der Waals surface area contributed by atoms with E-state index >= 15 is 0 Å². The molecule has 6 nitrogen and oxygen atoms in total. The zero-order valence-corrected chi connectivity index (χ0v) is 13.4. The summed E-state index contributed by atoms with van der Waals surface area (Å²) in [6.45, 7) is 8.00. The molecule has 4 aromatic rings. The number of rotatable bonds is 0. The molecule has 0 radical (unpaired) electrons. The largest absolute Gasteiger partial charge is 0.197 e. The monoisotopic (exact) mass is 298 g/mol. The maximum Gasteiger partial charge on any atom is 0.112 e. The molecule has 0 amide bonds. The molecule has 0 aliphatic rings. The normalized spacial score (nSPS) is 8.91. The quantitative estimate of drug-likeness (QED) is 0.514. The number of hydrogen-bond acceptors (Lipinski definition) is 4. The summed E-state index contributed by atoms with van der Waals surface area (Å²) in [4.78, 5) is 0. The second-order valence-corrected chi connectivity index (χ2v) is 3.62. The summed E-state index contributed by atoms with van der Waals surface area (Å²) in [5.41, 5.74) is 3.66. The van der Waals surface area contributed by atoms with Crippen molar-refractivity contribution in [3.05, 3.63) is 48.5 Å². The van der Waals surface area contributed by atoms with Crippen molar-refractivity contribution in [2.24, 2.45) is 0 Å². The summed E-state index contributed by atoms with van der Waals surface area (Å²) in [5, 5.41) is 20.6. The van der Waals surface area contributed by atoms with Crippen LogP contribution in [0.1, 0.15) is 27.7 Å². The Bertz CT molecular complexity index is 633. The first-order chi connectivity index (χ1) is 10.9. The summed E-state index contributed by atoms with van der Waals surface area (Å²) in [7, 11) is 0. The smallest absolute Gasteiger partial charge is 0.112 e. The number of para-hydroxylation sites is 4. The molecule has 0 saturated heterocycles. The van der Waals surface area contributed by atoms with Gasteiger partial charge in [0.2, 0.25) is 0 Å². The summed E-state index contributed by atoms with van der Waals surface area (Å²) in [6, 6.07) is 15.4. The van der Waals surface area contributed by atoms with E-state index in [2.05, 4.69) is 30.8 Å². The molecule has 0 bridgehead atoms. The highest BCUT2D eigenvalue weighted by Gasteiger charge is 1.91. The van der Waals surface area contributed by atoms with Gasteiger partial charge in [-0.1, -0.05) is 52.0 Å². The lowest BCUT2D eigenvalue weighted by Crippen LogP contribution is -1.63. The highest BCUT2D eigenvalue weighted by molar-refractivity contribution is 5.73. The number of hydrogen-bond donors (Lipinski definition) is 2. The Labute approximate surface area is 129 Å². The molecule has 0 fully saturated rings. The van der Waals surface area contributed by atoms with E-state index in [-0.39, 0.29) is 0 Å². The first kappa shape index (κ1) is 17.3. The van der Waals surface area contributed by atoms with Crippen LogP contribution in [0, 0.1) is 0 Å². The van der Waals surface area contributed by atoms with Gasteiger partial charge >= 0.3 is 0 Å². The second kappa shape index (κ2) is 10.0. The predicted octanol–water partition coefficient (Wildman–Crippen LogP) is 3.97. The highest BCUT2D eigenvalue weighted by atomic mass is 15.3. The van der Waals surface area contributed by atoms with Crippen LogP contribution in [0.25, 0.3) is 22.1 Å². The van der Waals surface area contributed by atoms with Gasteiger partial charge in [0.1, 0.15) is 22.1 Å². The van der Waals surface area contributed by atoms with Crippen LogP contribution >= 0.6 is 0 Å². The van der Waals surface area contributed by atoms with Gasteiger partial charge in [-0.3, -0.25) is 0 Å². The van der Waals surface area contributed by atoms with E-state index in [0.29, 0.717) is 0 Å². The van der Waals surface area contributed by atoms with Crippen LogP contribution in [0.15, 0.2) is 48.5 Å². The van der Waals surface area contributed by atoms with Gasteiger partial charge in [-0.15, -0.1) is 0 Å². The van der Waals surface area contributed by atoms with Crippen LogP contribution in [-0.4, -0.2) is 30.8 Å². The standard InChI is InChI=1S/2C6H5N3.2C2H6/c2*1-2-4-6-5(3-1)7-9-8-6;2*1-2/h2*1-4H,(H,7,8,9);2*1-2H3. The maximum absolute atomic E-state index is 3.88. The topological polar surface area (TPSA) is 83.1 Å². The summed E-state index contributed by atoms with van der Waals surface area (Å²) in [5.74, 6) is 0. The van der Waals surface area contributed by atoms with Crippen molar-refractivity contribution in [1.82, 2.24) is 30.8 Å². The van der Waals surface area contributed by atoms with E-state index in [1.54, 1.807) is 0 Å². The Kier molecular flexibility index (Phi) is 7.89. The van der Waals surface area contributed by atoms with Gasteiger partial charge < -0.3 is 0 Å². The average molecular weight is 298 g/mol. The van der Waals surface area contributed by atoms with Crippen molar-refractivity contribution in [3.63, 3.8) is 0 Å². The summed E-state index contributed by atoms with van der Waals surface area (Å²) >= 11 is 0.